The van der Waals surface area contributed by atoms with Gasteiger partial charge in [-0.25, -0.2) is 0 Å². The number of halogens is 1. The summed E-state index contributed by atoms with van der Waals surface area (Å²) in [5.41, 5.74) is 2.52. The Morgan fingerprint density at radius 3 is 2.76 bits per heavy atom. The summed E-state index contributed by atoms with van der Waals surface area (Å²) >= 11 is 6.12. The van der Waals surface area contributed by atoms with Gasteiger partial charge in [0, 0.05) is 24.5 Å². The van der Waals surface area contributed by atoms with Crippen molar-refractivity contribution in [1.29, 1.82) is 0 Å². The minimum atomic E-state index is 0.165. The summed E-state index contributed by atoms with van der Waals surface area (Å²) in [5, 5.41) is 8.12. The van der Waals surface area contributed by atoms with E-state index in [0.717, 1.165) is 18.8 Å². The predicted molar refractivity (Wildman–Crippen MR) is 71.4 cm³/mol. The normalized spacial score (nSPS) is 18.8. The lowest BCUT2D eigenvalue weighted by Crippen LogP contribution is -2.44. The van der Waals surface area contributed by atoms with E-state index in [1.807, 2.05) is 6.92 Å². The molecule has 1 aliphatic rings. The van der Waals surface area contributed by atoms with Gasteiger partial charge in [0.15, 0.2) is 0 Å². The molecule has 0 unspecified atom stereocenters. The molecule has 1 saturated carbocycles. The van der Waals surface area contributed by atoms with Crippen LogP contribution in [0.15, 0.2) is 6.07 Å². The van der Waals surface area contributed by atoms with E-state index in [9.17, 15) is 0 Å². The summed E-state index contributed by atoms with van der Waals surface area (Å²) in [4.78, 5) is 0. The molecule has 0 atom stereocenters. The monoisotopic (exact) mass is 255 g/mol. The van der Waals surface area contributed by atoms with Crippen LogP contribution in [-0.4, -0.2) is 21.2 Å². The molecular formula is C13H22ClN3. The van der Waals surface area contributed by atoms with Gasteiger partial charge in [0.2, 0.25) is 0 Å². The molecule has 0 spiro atoms. The van der Waals surface area contributed by atoms with Gasteiger partial charge in [-0.3, -0.25) is 4.68 Å². The van der Waals surface area contributed by atoms with E-state index >= 15 is 0 Å². The summed E-state index contributed by atoms with van der Waals surface area (Å²) < 4.78 is 2.07. The summed E-state index contributed by atoms with van der Waals surface area (Å²) in [7, 11) is 0. The molecule has 17 heavy (non-hydrogen) atoms. The highest BCUT2D eigenvalue weighted by atomic mass is 35.5. The third kappa shape index (κ3) is 2.83. The Morgan fingerprint density at radius 2 is 2.18 bits per heavy atom. The molecule has 0 saturated heterocycles. The van der Waals surface area contributed by atoms with Crippen LogP contribution < -0.4 is 5.32 Å². The van der Waals surface area contributed by atoms with E-state index in [1.54, 1.807) is 0 Å². The lowest BCUT2D eigenvalue weighted by Gasteiger charge is -2.28. The molecule has 0 amide bonds. The fourth-order valence-electron chi connectivity index (χ4n) is 2.70. The molecule has 2 rings (SSSR count). The number of hydrogen-bond donors (Lipinski definition) is 1. The Bertz CT molecular complexity index is 367. The molecule has 0 radical (unpaired) electrons. The molecular weight excluding hydrogens is 234 g/mol. The Labute approximate surface area is 109 Å². The highest BCUT2D eigenvalue weighted by Crippen LogP contribution is 2.31. The average molecular weight is 256 g/mol. The van der Waals surface area contributed by atoms with Gasteiger partial charge >= 0.3 is 0 Å². The van der Waals surface area contributed by atoms with E-state index in [1.165, 1.54) is 31.4 Å². The van der Waals surface area contributed by atoms with Crippen LogP contribution in [0.4, 0.5) is 0 Å². The lowest BCUT2D eigenvalue weighted by molar-refractivity contribution is 0.361. The Balaban J connectivity index is 2.01. The molecule has 1 fully saturated rings. The topological polar surface area (TPSA) is 29.9 Å². The Hall–Kier alpha value is -0.540. The van der Waals surface area contributed by atoms with E-state index in [4.69, 9.17) is 11.6 Å². The largest absolute Gasteiger partial charge is 0.304 e. The van der Waals surface area contributed by atoms with Crippen LogP contribution in [0.2, 0.25) is 0 Å². The highest BCUT2D eigenvalue weighted by molar-refractivity contribution is 6.18. The maximum absolute atomic E-state index is 6.12. The molecule has 96 valence electrons. The van der Waals surface area contributed by atoms with Crippen molar-refractivity contribution >= 4 is 11.6 Å². The van der Waals surface area contributed by atoms with Crippen LogP contribution in [0.3, 0.4) is 0 Å². The van der Waals surface area contributed by atoms with Crippen LogP contribution in [0.5, 0.6) is 0 Å². The van der Waals surface area contributed by atoms with Crippen molar-refractivity contribution in [2.24, 2.45) is 0 Å². The maximum atomic E-state index is 6.12. The van der Waals surface area contributed by atoms with Crippen molar-refractivity contribution in [1.82, 2.24) is 15.1 Å². The molecule has 1 aliphatic carbocycles. The molecule has 1 heterocycles. The van der Waals surface area contributed by atoms with Crippen molar-refractivity contribution in [3.8, 4) is 0 Å². The molecule has 1 aromatic rings. The third-order valence-electron chi connectivity index (χ3n) is 3.75. The van der Waals surface area contributed by atoms with Crippen molar-refractivity contribution in [2.75, 3.05) is 5.88 Å². The van der Waals surface area contributed by atoms with Gasteiger partial charge in [-0.15, -0.1) is 11.6 Å². The smallest absolute Gasteiger partial charge is 0.0597 e. The van der Waals surface area contributed by atoms with Gasteiger partial charge < -0.3 is 5.32 Å². The molecule has 1 aromatic heterocycles. The Kier molecular flexibility index (Phi) is 4.10. The molecule has 0 aromatic carbocycles. The summed E-state index contributed by atoms with van der Waals surface area (Å²) in [5.74, 6) is 0.715. The lowest BCUT2D eigenvalue weighted by atomic mass is 10.0. The van der Waals surface area contributed by atoms with Crippen molar-refractivity contribution < 1.29 is 0 Å². The fourth-order valence-corrected chi connectivity index (χ4v) is 3.06. The number of rotatable bonds is 5. The maximum Gasteiger partial charge on any atom is 0.0597 e. The van der Waals surface area contributed by atoms with Gasteiger partial charge in [-0.1, -0.05) is 12.8 Å². The number of nitrogens with zero attached hydrogens (tertiary/aromatic N) is 2. The van der Waals surface area contributed by atoms with Gasteiger partial charge in [0.05, 0.1) is 11.4 Å². The second kappa shape index (κ2) is 5.40. The molecule has 4 heteroatoms. The van der Waals surface area contributed by atoms with Crippen LogP contribution in [0.25, 0.3) is 0 Å². The zero-order valence-electron chi connectivity index (χ0n) is 10.8. The van der Waals surface area contributed by atoms with Crippen LogP contribution in [0, 0.1) is 6.92 Å². The predicted octanol–water partition coefficient (Wildman–Crippen LogP) is 2.85. The van der Waals surface area contributed by atoms with E-state index in [-0.39, 0.29) is 5.54 Å². The minimum Gasteiger partial charge on any atom is -0.304 e. The molecule has 1 N–H and O–H groups in total. The summed E-state index contributed by atoms with van der Waals surface area (Å²) in [6.07, 6.45) is 5.00. The van der Waals surface area contributed by atoms with E-state index < -0.39 is 0 Å². The minimum absolute atomic E-state index is 0.165. The third-order valence-corrected chi connectivity index (χ3v) is 4.26. The van der Waals surface area contributed by atoms with Crippen LogP contribution in [-0.2, 0) is 13.1 Å². The zero-order chi connectivity index (χ0) is 12.3. The average Bonchev–Trinajstić information content (AvgIpc) is 2.93. The first kappa shape index (κ1) is 12.9. The van der Waals surface area contributed by atoms with Gasteiger partial charge in [-0.05, 0) is 32.8 Å². The fraction of sp³-hybridized carbons (Fsp3) is 0.769. The SMILES string of the molecule is CCn1nc(C)cc1CNC1(CCl)CCCC1. The standard InChI is InChI=1S/C13H22ClN3/c1-3-17-12(8-11(2)16-17)9-15-13(10-14)6-4-5-7-13/h8,15H,3-7,9-10H2,1-2H3. The van der Waals surface area contributed by atoms with Crippen LogP contribution in [0.1, 0.15) is 44.0 Å². The number of hydrogen-bond acceptors (Lipinski definition) is 2. The van der Waals surface area contributed by atoms with Gasteiger partial charge in [0.1, 0.15) is 0 Å². The first-order valence-corrected chi connectivity index (χ1v) is 7.07. The molecule has 0 aliphatic heterocycles. The molecule has 3 nitrogen and oxygen atoms in total. The zero-order valence-corrected chi connectivity index (χ0v) is 11.6. The van der Waals surface area contributed by atoms with Gasteiger partial charge in [-0.2, -0.15) is 5.10 Å². The van der Waals surface area contributed by atoms with E-state index in [2.05, 4.69) is 28.1 Å². The summed E-state index contributed by atoms with van der Waals surface area (Å²) in [6.45, 7) is 5.98. The van der Waals surface area contributed by atoms with E-state index in [0.29, 0.717) is 5.88 Å². The second-order valence-corrected chi connectivity index (χ2v) is 5.33. The number of aromatic nitrogens is 2. The first-order chi connectivity index (χ1) is 8.19. The Morgan fingerprint density at radius 1 is 1.47 bits per heavy atom. The van der Waals surface area contributed by atoms with Crippen LogP contribution >= 0.6 is 11.6 Å². The highest BCUT2D eigenvalue weighted by Gasteiger charge is 2.32. The van der Waals surface area contributed by atoms with Crippen molar-refractivity contribution in [3.05, 3.63) is 17.5 Å². The molecule has 0 bridgehead atoms. The van der Waals surface area contributed by atoms with Crippen molar-refractivity contribution in [3.63, 3.8) is 0 Å². The summed E-state index contributed by atoms with van der Waals surface area (Å²) in [6, 6.07) is 2.16. The van der Waals surface area contributed by atoms with Crippen molar-refractivity contribution in [2.45, 2.75) is 58.2 Å². The first-order valence-electron chi connectivity index (χ1n) is 6.53. The number of alkyl halides is 1. The second-order valence-electron chi connectivity index (χ2n) is 5.07. The number of nitrogens with one attached hydrogen (secondary N) is 1. The number of aryl methyl sites for hydroxylation is 2. The van der Waals surface area contributed by atoms with Gasteiger partial charge in [0.25, 0.3) is 0 Å². The quantitative estimate of drug-likeness (QED) is 0.820.